The van der Waals surface area contributed by atoms with Crippen molar-refractivity contribution in [1.82, 2.24) is 21.2 Å². The van der Waals surface area contributed by atoms with E-state index in [4.69, 9.17) is 17.0 Å². The highest BCUT2D eigenvalue weighted by molar-refractivity contribution is 7.80. The van der Waals surface area contributed by atoms with Gasteiger partial charge in [0.15, 0.2) is 10.2 Å². The van der Waals surface area contributed by atoms with Gasteiger partial charge in [0.1, 0.15) is 5.69 Å². The lowest BCUT2D eigenvalue weighted by Crippen LogP contribution is -2.46. The van der Waals surface area contributed by atoms with Gasteiger partial charge in [0.2, 0.25) is 0 Å². The Morgan fingerprint density at radius 2 is 2.00 bits per heavy atom. The van der Waals surface area contributed by atoms with Gasteiger partial charge in [0, 0.05) is 25.0 Å². The number of rotatable bonds is 4. The topological polar surface area (TPSA) is 78.5 Å². The highest BCUT2D eigenvalue weighted by Gasteiger charge is 2.17. The van der Waals surface area contributed by atoms with Crippen molar-refractivity contribution in [1.29, 1.82) is 0 Å². The summed E-state index contributed by atoms with van der Waals surface area (Å²) in [5.41, 5.74) is 6.72. The van der Waals surface area contributed by atoms with Gasteiger partial charge >= 0.3 is 0 Å². The van der Waals surface area contributed by atoms with Crippen LogP contribution in [0.25, 0.3) is 0 Å². The van der Waals surface area contributed by atoms with Gasteiger partial charge in [0.25, 0.3) is 5.91 Å². The molecule has 25 heavy (non-hydrogen) atoms. The van der Waals surface area contributed by atoms with E-state index in [0.717, 1.165) is 23.8 Å². The normalized spacial score (nSPS) is 14.0. The van der Waals surface area contributed by atoms with Crippen LogP contribution in [0.1, 0.15) is 16.1 Å². The fraction of sp³-hybridized carbons (Fsp3) is 0.312. The zero-order valence-electron chi connectivity index (χ0n) is 13.5. The number of thiazole rings is 1. The third kappa shape index (κ3) is 5.12. The van der Waals surface area contributed by atoms with E-state index in [2.05, 4.69) is 26.1 Å². The maximum atomic E-state index is 12.2. The Morgan fingerprint density at radius 3 is 2.76 bits per heavy atom. The Bertz CT molecular complexity index is 716. The van der Waals surface area contributed by atoms with Crippen LogP contribution in [0.2, 0.25) is 0 Å². The second-order valence-electron chi connectivity index (χ2n) is 5.36. The molecule has 2 aromatic rings. The Kier molecular flexibility index (Phi) is 6.15. The lowest BCUT2D eigenvalue weighted by atomic mass is 10.2. The number of amides is 1. The van der Waals surface area contributed by atoms with Crippen LogP contribution in [-0.2, 0) is 11.3 Å². The van der Waals surface area contributed by atoms with Crippen LogP contribution in [0.15, 0.2) is 35.7 Å². The predicted octanol–water partition coefficient (Wildman–Crippen LogP) is 1.29. The molecule has 1 aromatic carbocycles. The number of nitrogens with one attached hydrogen (secondary N) is 3. The minimum Gasteiger partial charge on any atom is -0.378 e. The number of hydrogen-bond acceptors (Lipinski definition) is 6. The van der Waals surface area contributed by atoms with E-state index in [1.807, 2.05) is 30.3 Å². The van der Waals surface area contributed by atoms with Crippen LogP contribution in [0, 0.1) is 0 Å². The van der Waals surface area contributed by atoms with E-state index >= 15 is 0 Å². The smallest absolute Gasteiger partial charge is 0.289 e. The van der Waals surface area contributed by atoms with Gasteiger partial charge in [-0.3, -0.25) is 15.6 Å². The molecular weight excluding hydrogens is 358 g/mol. The number of benzene rings is 1. The summed E-state index contributed by atoms with van der Waals surface area (Å²) in [5, 5.41) is 5.95. The molecule has 0 spiro atoms. The fourth-order valence-corrected chi connectivity index (χ4v) is 3.25. The molecule has 0 aliphatic carbocycles. The van der Waals surface area contributed by atoms with E-state index in [9.17, 15) is 4.79 Å². The van der Waals surface area contributed by atoms with Crippen molar-refractivity contribution in [2.75, 3.05) is 31.2 Å². The summed E-state index contributed by atoms with van der Waals surface area (Å²) >= 11 is 6.60. The predicted molar refractivity (Wildman–Crippen MR) is 102 cm³/mol. The standard InChI is InChI=1S/C16H19N5O2S2/c22-14(13-11-25-16(18-13)21-6-8-23-9-7-21)19-20-15(24)17-10-12-4-2-1-3-5-12/h1-5,11H,6-10H2,(H,19,22)(H2,17,20,24). The summed E-state index contributed by atoms with van der Waals surface area (Å²) in [6.45, 7) is 3.54. The maximum absolute atomic E-state index is 12.2. The van der Waals surface area contributed by atoms with Crippen LogP contribution >= 0.6 is 23.6 Å². The molecule has 132 valence electrons. The number of hydrogen-bond donors (Lipinski definition) is 3. The van der Waals surface area contributed by atoms with Crippen molar-refractivity contribution in [3.63, 3.8) is 0 Å². The highest BCUT2D eigenvalue weighted by Crippen LogP contribution is 2.21. The zero-order chi connectivity index (χ0) is 17.5. The molecule has 9 heteroatoms. The van der Waals surface area contributed by atoms with E-state index in [-0.39, 0.29) is 5.91 Å². The summed E-state index contributed by atoms with van der Waals surface area (Å²) in [6, 6.07) is 9.87. The molecule has 7 nitrogen and oxygen atoms in total. The number of nitrogens with zero attached hydrogens (tertiary/aromatic N) is 2. The van der Waals surface area contributed by atoms with Crippen molar-refractivity contribution in [3.05, 3.63) is 47.0 Å². The summed E-state index contributed by atoms with van der Waals surface area (Å²) < 4.78 is 5.32. The number of thiocarbonyl (C=S) groups is 1. The molecule has 1 amide bonds. The Labute approximate surface area is 155 Å². The average Bonchev–Trinajstić information content (AvgIpc) is 3.16. The second kappa shape index (κ2) is 8.75. The van der Waals surface area contributed by atoms with Crippen molar-refractivity contribution in [2.45, 2.75) is 6.54 Å². The molecule has 0 bridgehead atoms. The molecule has 0 saturated carbocycles. The lowest BCUT2D eigenvalue weighted by molar-refractivity contribution is 0.0939. The van der Waals surface area contributed by atoms with E-state index in [0.29, 0.717) is 30.6 Å². The summed E-state index contributed by atoms with van der Waals surface area (Å²) in [6.07, 6.45) is 0. The molecule has 3 rings (SSSR count). The third-order valence-electron chi connectivity index (χ3n) is 3.59. The summed E-state index contributed by atoms with van der Waals surface area (Å²) in [7, 11) is 0. The van der Waals surface area contributed by atoms with Gasteiger partial charge < -0.3 is 15.0 Å². The molecule has 0 atom stereocenters. The van der Waals surface area contributed by atoms with Gasteiger partial charge in [-0.25, -0.2) is 4.98 Å². The summed E-state index contributed by atoms with van der Waals surface area (Å²) in [4.78, 5) is 18.7. The molecule has 1 aliphatic rings. The Hall–Kier alpha value is -2.23. The molecule has 1 aliphatic heterocycles. The van der Waals surface area contributed by atoms with Crippen LogP contribution in [0.3, 0.4) is 0 Å². The first kappa shape index (κ1) is 17.6. The van der Waals surface area contributed by atoms with Crippen LogP contribution in [0.4, 0.5) is 5.13 Å². The Morgan fingerprint density at radius 1 is 1.24 bits per heavy atom. The van der Waals surface area contributed by atoms with E-state index < -0.39 is 0 Å². The van der Waals surface area contributed by atoms with E-state index in [1.54, 1.807) is 5.38 Å². The molecule has 3 N–H and O–H groups in total. The Balaban J connectivity index is 1.44. The quantitative estimate of drug-likeness (QED) is 0.547. The van der Waals surface area contributed by atoms with Crippen molar-refractivity contribution >= 4 is 39.7 Å². The molecule has 0 unspecified atom stereocenters. The fourth-order valence-electron chi connectivity index (χ4n) is 2.27. The van der Waals surface area contributed by atoms with Crippen molar-refractivity contribution < 1.29 is 9.53 Å². The number of ether oxygens (including phenoxy) is 1. The number of carbonyl (C=O) groups excluding carboxylic acids is 1. The van der Waals surface area contributed by atoms with Gasteiger partial charge in [-0.05, 0) is 17.8 Å². The number of carbonyl (C=O) groups is 1. The first-order valence-electron chi connectivity index (χ1n) is 7.89. The average molecular weight is 377 g/mol. The summed E-state index contributed by atoms with van der Waals surface area (Å²) in [5.74, 6) is -0.320. The first-order chi connectivity index (χ1) is 12.2. The largest absolute Gasteiger partial charge is 0.378 e. The number of morpholine rings is 1. The van der Waals surface area contributed by atoms with Crippen LogP contribution in [-0.4, -0.2) is 42.3 Å². The first-order valence-corrected chi connectivity index (χ1v) is 9.17. The molecule has 0 radical (unpaired) electrons. The van der Waals surface area contributed by atoms with Gasteiger partial charge in [-0.2, -0.15) is 0 Å². The number of hydrazine groups is 1. The molecule has 1 saturated heterocycles. The minimum absolute atomic E-state index is 0.320. The SMILES string of the molecule is O=C(NNC(=S)NCc1ccccc1)c1csc(N2CCOCC2)n1. The molecular formula is C16H19N5O2S2. The molecule has 1 fully saturated rings. The minimum atomic E-state index is -0.320. The maximum Gasteiger partial charge on any atom is 0.289 e. The number of aromatic nitrogens is 1. The second-order valence-corrected chi connectivity index (χ2v) is 6.61. The number of anilines is 1. The molecule has 1 aromatic heterocycles. The van der Waals surface area contributed by atoms with Gasteiger partial charge in [-0.15, -0.1) is 11.3 Å². The zero-order valence-corrected chi connectivity index (χ0v) is 15.2. The van der Waals surface area contributed by atoms with Gasteiger partial charge in [-0.1, -0.05) is 30.3 Å². The van der Waals surface area contributed by atoms with Crippen molar-refractivity contribution in [2.24, 2.45) is 0 Å². The van der Waals surface area contributed by atoms with E-state index in [1.165, 1.54) is 11.3 Å². The monoisotopic (exact) mass is 377 g/mol. The van der Waals surface area contributed by atoms with Gasteiger partial charge in [0.05, 0.1) is 13.2 Å². The molecule has 2 heterocycles. The third-order valence-corrected chi connectivity index (χ3v) is 4.74. The highest BCUT2D eigenvalue weighted by atomic mass is 32.1. The lowest BCUT2D eigenvalue weighted by Gasteiger charge is -2.25. The van der Waals surface area contributed by atoms with Crippen LogP contribution < -0.4 is 21.1 Å². The van der Waals surface area contributed by atoms with Crippen LogP contribution in [0.5, 0.6) is 0 Å². The van der Waals surface area contributed by atoms with Crippen molar-refractivity contribution in [3.8, 4) is 0 Å².